The topological polar surface area (TPSA) is 90.0 Å². The maximum Gasteiger partial charge on any atom is 0.243 e. The van der Waals surface area contributed by atoms with Crippen LogP contribution in [0.2, 0.25) is 0 Å². The van der Waals surface area contributed by atoms with E-state index in [0.717, 1.165) is 12.2 Å². The monoisotopic (exact) mass is 292 g/mol. The van der Waals surface area contributed by atoms with Crippen molar-refractivity contribution < 1.29 is 8.42 Å². The standard InChI is InChI=1S/C10H20N4O2S2/c1-3-9(8-17-2)13-18(15,16)10-6-12-14(7-10)5-4-11/h6-7,9,13H,3-5,8,11H2,1-2H3. The van der Waals surface area contributed by atoms with Gasteiger partial charge in [-0.2, -0.15) is 16.9 Å². The lowest BCUT2D eigenvalue weighted by Gasteiger charge is -2.14. The van der Waals surface area contributed by atoms with Gasteiger partial charge >= 0.3 is 0 Å². The van der Waals surface area contributed by atoms with Crippen molar-refractivity contribution in [1.82, 2.24) is 14.5 Å². The SMILES string of the molecule is CCC(CSC)NS(=O)(=O)c1cnn(CCN)c1. The number of sulfonamides is 1. The fourth-order valence-corrected chi connectivity index (χ4v) is 3.56. The maximum absolute atomic E-state index is 12.1. The van der Waals surface area contributed by atoms with Crippen LogP contribution in [0.3, 0.4) is 0 Å². The van der Waals surface area contributed by atoms with E-state index >= 15 is 0 Å². The van der Waals surface area contributed by atoms with E-state index in [-0.39, 0.29) is 10.9 Å². The average Bonchev–Trinajstić information content (AvgIpc) is 2.78. The van der Waals surface area contributed by atoms with Gasteiger partial charge in [0, 0.05) is 24.5 Å². The summed E-state index contributed by atoms with van der Waals surface area (Å²) in [7, 11) is -3.48. The van der Waals surface area contributed by atoms with Crippen LogP contribution in [-0.2, 0) is 16.6 Å². The summed E-state index contributed by atoms with van der Waals surface area (Å²) >= 11 is 1.62. The molecule has 1 aromatic rings. The van der Waals surface area contributed by atoms with Gasteiger partial charge in [-0.3, -0.25) is 4.68 Å². The van der Waals surface area contributed by atoms with E-state index in [4.69, 9.17) is 5.73 Å². The Kier molecular flexibility index (Phi) is 6.13. The Morgan fingerprint density at radius 3 is 2.89 bits per heavy atom. The van der Waals surface area contributed by atoms with E-state index in [0.29, 0.717) is 13.1 Å². The van der Waals surface area contributed by atoms with E-state index < -0.39 is 10.0 Å². The van der Waals surface area contributed by atoms with Crippen molar-refractivity contribution in [2.45, 2.75) is 30.8 Å². The summed E-state index contributed by atoms with van der Waals surface area (Å²) in [6.07, 6.45) is 5.57. The van der Waals surface area contributed by atoms with E-state index in [9.17, 15) is 8.42 Å². The predicted octanol–water partition coefficient (Wildman–Crippen LogP) is 0.262. The van der Waals surface area contributed by atoms with Crippen molar-refractivity contribution in [2.75, 3.05) is 18.6 Å². The molecule has 0 radical (unpaired) electrons. The fraction of sp³-hybridized carbons (Fsp3) is 0.700. The van der Waals surface area contributed by atoms with Gasteiger partial charge in [0.2, 0.25) is 10.0 Å². The van der Waals surface area contributed by atoms with Gasteiger partial charge in [0.1, 0.15) is 4.90 Å². The molecule has 0 amide bonds. The molecule has 0 saturated heterocycles. The van der Waals surface area contributed by atoms with Crippen molar-refractivity contribution in [3.05, 3.63) is 12.4 Å². The van der Waals surface area contributed by atoms with Crippen molar-refractivity contribution in [2.24, 2.45) is 5.73 Å². The van der Waals surface area contributed by atoms with Crippen LogP contribution in [0.1, 0.15) is 13.3 Å². The van der Waals surface area contributed by atoms with Crippen LogP contribution in [-0.4, -0.2) is 42.8 Å². The summed E-state index contributed by atoms with van der Waals surface area (Å²) in [6, 6.07) is -0.0529. The van der Waals surface area contributed by atoms with E-state index in [1.807, 2.05) is 13.2 Å². The van der Waals surface area contributed by atoms with Crippen LogP contribution in [0.4, 0.5) is 0 Å². The third-order valence-electron chi connectivity index (χ3n) is 2.46. The first-order valence-electron chi connectivity index (χ1n) is 5.77. The first-order chi connectivity index (χ1) is 8.53. The molecule has 8 heteroatoms. The van der Waals surface area contributed by atoms with Crippen LogP contribution in [0, 0.1) is 0 Å². The van der Waals surface area contributed by atoms with Crippen molar-refractivity contribution in [3.8, 4) is 0 Å². The smallest absolute Gasteiger partial charge is 0.243 e. The molecular weight excluding hydrogens is 272 g/mol. The molecule has 104 valence electrons. The Labute approximate surface area is 112 Å². The molecule has 0 fully saturated rings. The summed E-state index contributed by atoms with van der Waals surface area (Å²) in [5, 5.41) is 3.96. The lowest BCUT2D eigenvalue weighted by atomic mass is 10.3. The van der Waals surface area contributed by atoms with Gasteiger partial charge in [0.15, 0.2) is 0 Å². The summed E-state index contributed by atoms with van der Waals surface area (Å²) in [4.78, 5) is 0.190. The van der Waals surface area contributed by atoms with Crippen LogP contribution >= 0.6 is 11.8 Å². The zero-order chi connectivity index (χ0) is 13.6. The summed E-state index contributed by atoms with van der Waals surface area (Å²) < 4.78 is 28.4. The maximum atomic E-state index is 12.1. The van der Waals surface area contributed by atoms with E-state index in [1.165, 1.54) is 17.1 Å². The molecule has 0 aliphatic rings. The predicted molar refractivity (Wildman–Crippen MR) is 74.1 cm³/mol. The Balaban J connectivity index is 2.78. The normalized spacial score (nSPS) is 13.7. The van der Waals surface area contributed by atoms with Crippen molar-refractivity contribution >= 4 is 21.8 Å². The molecular formula is C10H20N4O2S2. The highest BCUT2D eigenvalue weighted by Crippen LogP contribution is 2.10. The van der Waals surface area contributed by atoms with E-state index in [1.54, 1.807) is 11.8 Å². The largest absolute Gasteiger partial charge is 0.329 e. The lowest BCUT2D eigenvalue weighted by molar-refractivity contribution is 0.557. The zero-order valence-corrected chi connectivity index (χ0v) is 12.3. The Morgan fingerprint density at radius 1 is 1.61 bits per heavy atom. The number of nitrogens with two attached hydrogens (primary N) is 1. The van der Waals surface area contributed by atoms with Crippen LogP contribution in [0.25, 0.3) is 0 Å². The molecule has 1 unspecified atom stereocenters. The molecule has 0 aliphatic heterocycles. The summed E-state index contributed by atoms with van der Waals surface area (Å²) in [6.45, 7) is 2.90. The summed E-state index contributed by atoms with van der Waals surface area (Å²) in [5.41, 5.74) is 5.39. The first kappa shape index (κ1) is 15.5. The molecule has 0 aromatic carbocycles. The highest BCUT2D eigenvalue weighted by atomic mass is 32.2. The van der Waals surface area contributed by atoms with Crippen LogP contribution < -0.4 is 10.5 Å². The Bertz CT molecular complexity index is 458. The minimum Gasteiger partial charge on any atom is -0.329 e. The fourth-order valence-electron chi connectivity index (χ4n) is 1.46. The minimum atomic E-state index is -3.48. The first-order valence-corrected chi connectivity index (χ1v) is 8.65. The van der Waals surface area contributed by atoms with Gasteiger partial charge in [0.05, 0.1) is 12.7 Å². The molecule has 0 aliphatic carbocycles. The van der Waals surface area contributed by atoms with Crippen LogP contribution in [0.15, 0.2) is 17.3 Å². The molecule has 1 rings (SSSR count). The van der Waals surface area contributed by atoms with Gasteiger partial charge in [-0.25, -0.2) is 13.1 Å². The van der Waals surface area contributed by atoms with Gasteiger partial charge in [-0.05, 0) is 12.7 Å². The highest BCUT2D eigenvalue weighted by molar-refractivity contribution is 7.98. The molecule has 18 heavy (non-hydrogen) atoms. The second-order valence-corrected chi connectivity index (χ2v) is 6.53. The molecule has 1 aromatic heterocycles. The third kappa shape index (κ3) is 4.27. The Hall–Kier alpha value is -0.570. The number of rotatable bonds is 8. The van der Waals surface area contributed by atoms with E-state index in [2.05, 4.69) is 9.82 Å². The van der Waals surface area contributed by atoms with Crippen molar-refractivity contribution in [3.63, 3.8) is 0 Å². The zero-order valence-electron chi connectivity index (χ0n) is 10.7. The second-order valence-electron chi connectivity index (χ2n) is 3.91. The molecule has 1 heterocycles. The molecule has 6 nitrogen and oxygen atoms in total. The third-order valence-corrected chi connectivity index (χ3v) is 4.67. The quantitative estimate of drug-likeness (QED) is 0.717. The molecule has 0 saturated carbocycles. The van der Waals surface area contributed by atoms with Gasteiger partial charge in [0.25, 0.3) is 0 Å². The number of hydrogen-bond acceptors (Lipinski definition) is 5. The highest BCUT2D eigenvalue weighted by Gasteiger charge is 2.20. The number of thioether (sulfide) groups is 1. The molecule has 3 N–H and O–H groups in total. The number of aromatic nitrogens is 2. The van der Waals surface area contributed by atoms with Gasteiger partial charge < -0.3 is 5.73 Å². The molecule has 0 spiro atoms. The second kappa shape index (κ2) is 7.13. The summed E-state index contributed by atoms with van der Waals surface area (Å²) in [5.74, 6) is 0.757. The number of nitrogens with one attached hydrogen (secondary N) is 1. The Morgan fingerprint density at radius 2 is 2.33 bits per heavy atom. The van der Waals surface area contributed by atoms with Gasteiger partial charge in [-0.15, -0.1) is 0 Å². The lowest BCUT2D eigenvalue weighted by Crippen LogP contribution is -2.35. The number of hydrogen-bond donors (Lipinski definition) is 2. The molecule has 1 atom stereocenters. The molecule has 0 bridgehead atoms. The van der Waals surface area contributed by atoms with Crippen LogP contribution in [0.5, 0.6) is 0 Å². The van der Waals surface area contributed by atoms with Crippen molar-refractivity contribution in [1.29, 1.82) is 0 Å². The number of nitrogens with zero attached hydrogens (tertiary/aromatic N) is 2. The average molecular weight is 292 g/mol. The minimum absolute atomic E-state index is 0.0529. The van der Waals surface area contributed by atoms with Gasteiger partial charge in [-0.1, -0.05) is 6.92 Å².